The van der Waals surface area contributed by atoms with Crippen LogP contribution in [0.4, 0.5) is 31.0 Å². The topological polar surface area (TPSA) is 57.2 Å². The first kappa shape index (κ1) is 16.3. The molecule has 0 bridgehead atoms. The van der Waals surface area contributed by atoms with Crippen molar-refractivity contribution < 1.29 is 13.2 Å². The van der Waals surface area contributed by atoms with E-state index in [9.17, 15) is 13.2 Å². The Hall–Kier alpha value is -1.80. The molecule has 0 saturated carbocycles. The van der Waals surface area contributed by atoms with E-state index >= 15 is 0 Å². The lowest BCUT2D eigenvalue weighted by molar-refractivity contribution is -0.120. The van der Waals surface area contributed by atoms with E-state index in [0.29, 0.717) is 5.95 Å². The lowest BCUT2D eigenvalue weighted by Gasteiger charge is -2.28. The summed E-state index contributed by atoms with van der Waals surface area (Å²) in [6.07, 6.45) is -4.32. The van der Waals surface area contributed by atoms with Gasteiger partial charge in [-0.3, -0.25) is 0 Å². The van der Waals surface area contributed by atoms with Crippen LogP contribution in [0.2, 0.25) is 0 Å². The fourth-order valence-electron chi connectivity index (χ4n) is 1.47. The van der Waals surface area contributed by atoms with Crippen molar-refractivity contribution in [2.45, 2.75) is 26.1 Å². The van der Waals surface area contributed by atoms with Crippen molar-refractivity contribution in [3.8, 4) is 0 Å². The Kier molecular flexibility index (Phi) is 4.96. The fourth-order valence-corrected chi connectivity index (χ4v) is 1.47. The highest BCUT2D eigenvalue weighted by atomic mass is 19.4. The molecule has 6 nitrogen and oxygen atoms in total. The zero-order chi connectivity index (χ0) is 15.5. The molecule has 1 aromatic rings. The summed E-state index contributed by atoms with van der Waals surface area (Å²) in [7, 11) is 5.02. The maximum Gasteiger partial charge on any atom is 0.406 e. The van der Waals surface area contributed by atoms with Gasteiger partial charge < -0.3 is 15.1 Å². The van der Waals surface area contributed by atoms with Crippen LogP contribution in [0.1, 0.15) is 13.8 Å². The molecule has 1 N–H and O–H groups in total. The largest absolute Gasteiger partial charge is 0.406 e. The molecule has 0 aliphatic rings. The van der Waals surface area contributed by atoms with Gasteiger partial charge in [-0.2, -0.15) is 28.1 Å². The van der Waals surface area contributed by atoms with Gasteiger partial charge in [-0.25, -0.2) is 0 Å². The second kappa shape index (κ2) is 6.10. The summed E-state index contributed by atoms with van der Waals surface area (Å²) in [6.45, 7) is 2.21. The average Bonchev–Trinajstić information content (AvgIpc) is 2.33. The van der Waals surface area contributed by atoms with Crippen molar-refractivity contribution in [1.82, 2.24) is 15.0 Å². The van der Waals surface area contributed by atoms with Gasteiger partial charge >= 0.3 is 6.18 Å². The standard InChI is InChI=1S/C11H19F3N6/c1-7(2)20(6-11(12,13)14)10-17-8(15-3)16-9(18-10)19(4)5/h7H,6H2,1-5H3,(H,15,16,17,18). The molecule has 1 aromatic heterocycles. The van der Waals surface area contributed by atoms with Crippen molar-refractivity contribution >= 4 is 17.8 Å². The van der Waals surface area contributed by atoms with Crippen LogP contribution in [0.25, 0.3) is 0 Å². The van der Waals surface area contributed by atoms with Crippen LogP contribution in [0.3, 0.4) is 0 Å². The van der Waals surface area contributed by atoms with E-state index in [2.05, 4.69) is 20.3 Å². The molecule has 20 heavy (non-hydrogen) atoms. The van der Waals surface area contributed by atoms with Crippen molar-refractivity contribution in [3.05, 3.63) is 0 Å². The second-order valence-electron chi connectivity index (χ2n) is 4.74. The van der Waals surface area contributed by atoms with Crippen LogP contribution in [0, 0.1) is 0 Å². The van der Waals surface area contributed by atoms with Gasteiger partial charge in [-0.05, 0) is 13.8 Å². The van der Waals surface area contributed by atoms with E-state index in [1.807, 2.05) is 0 Å². The van der Waals surface area contributed by atoms with Crippen LogP contribution in [-0.2, 0) is 0 Å². The highest BCUT2D eigenvalue weighted by Crippen LogP contribution is 2.23. The first-order chi connectivity index (χ1) is 9.14. The molecule has 0 aliphatic carbocycles. The number of rotatable bonds is 5. The smallest absolute Gasteiger partial charge is 0.357 e. The third kappa shape index (κ3) is 4.39. The Morgan fingerprint density at radius 2 is 1.65 bits per heavy atom. The Morgan fingerprint density at radius 1 is 1.10 bits per heavy atom. The Balaban J connectivity index is 3.22. The zero-order valence-electron chi connectivity index (χ0n) is 12.2. The molecule has 9 heteroatoms. The number of nitrogens with one attached hydrogen (secondary N) is 1. The summed E-state index contributed by atoms with van der Waals surface area (Å²) >= 11 is 0. The van der Waals surface area contributed by atoms with Gasteiger partial charge in [0.15, 0.2) is 0 Å². The molecule has 0 saturated heterocycles. The Bertz CT molecular complexity index is 446. The summed E-state index contributed by atoms with van der Waals surface area (Å²) in [5, 5.41) is 2.72. The summed E-state index contributed by atoms with van der Waals surface area (Å²) in [5.41, 5.74) is 0. The van der Waals surface area contributed by atoms with Crippen LogP contribution < -0.4 is 15.1 Å². The molecule has 0 amide bonds. The molecule has 114 valence electrons. The van der Waals surface area contributed by atoms with Crippen LogP contribution in [-0.4, -0.2) is 54.9 Å². The predicted molar refractivity (Wildman–Crippen MR) is 72.2 cm³/mol. The van der Waals surface area contributed by atoms with E-state index in [1.165, 1.54) is 0 Å². The lowest BCUT2D eigenvalue weighted by Crippen LogP contribution is -2.40. The number of anilines is 3. The molecule has 0 spiro atoms. The normalized spacial score (nSPS) is 11.7. The molecule has 1 heterocycles. The lowest BCUT2D eigenvalue weighted by atomic mass is 10.3. The van der Waals surface area contributed by atoms with Crippen molar-refractivity contribution in [3.63, 3.8) is 0 Å². The summed E-state index contributed by atoms with van der Waals surface area (Å²) < 4.78 is 38.0. The average molecular weight is 292 g/mol. The number of alkyl halides is 3. The quantitative estimate of drug-likeness (QED) is 0.892. The van der Waals surface area contributed by atoms with E-state index in [0.717, 1.165) is 4.90 Å². The molecule has 0 radical (unpaired) electrons. The summed E-state index contributed by atoms with van der Waals surface area (Å²) in [6, 6.07) is -0.390. The van der Waals surface area contributed by atoms with Crippen LogP contribution in [0.5, 0.6) is 0 Å². The fraction of sp³-hybridized carbons (Fsp3) is 0.727. The molecule has 0 unspecified atom stereocenters. The highest BCUT2D eigenvalue weighted by Gasteiger charge is 2.33. The Labute approximate surface area is 116 Å². The predicted octanol–water partition coefficient (Wildman–Crippen LogP) is 1.76. The van der Waals surface area contributed by atoms with Crippen LogP contribution >= 0.6 is 0 Å². The Morgan fingerprint density at radius 3 is 2.05 bits per heavy atom. The van der Waals surface area contributed by atoms with Gasteiger partial charge in [0.1, 0.15) is 6.54 Å². The monoisotopic (exact) mass is 292 g/mol. The minimum Gasteiger partial charge on any atom is -0.357 e. The van der Waals surface area contributed by atoms with Gasteiger partial charge in [0.25, 0.3) is 0 Å². The van der Waals surface area contributed by atoms with E-state index in [4.69, 9.17) is 0 Å². The summed E-state index contributed by atoms with van der Waals surface area (Å²) in [4.78, 5) is 14.9. The number of aromatic nitrogens is 3. The van der Waals surface area contributed by atoms with Crippen LogP contribution in [0.15, 0.2) is 0 Å². The third-order valence-corrected chi connectivity index (χ3v) is 2.47. The third-order valence-electron chi connectivity index (χ3n) is 2.47. The minimum atomic E-state index is -4.32. The molecule has 0 aliphatic heterocycles. The van der Waals surface area contributed by atoms with Crippen molar-refractivity contribution in [2.75, 3.05) is 42.8 Å². The van der Waals surface area contributed by atoms with E-state index < -0.39 is 18.8 Å². The number of nitrogens with zero attached hydrogens (tertiary/aromatic N) is 5. The van der Waals surface area contributed by atoms with Gasteiger partial charge in [0.05, 0.1) is 0 Å². The molecule has 0 atom stereocenters. The maximum atomic E-state index is 12.7. The van der Waals surface area contributed by atoms with Gasteiger partial charge in [-0.1, -0.05) is 0 Å². The number of hydrogen-bond donors (Lipinski definition) is 1. The molecular weight excluding hydrogens is 273 g/mol. The molecule has 0 fully saturated rings. The minimum absolute atomic E-state index is 0.000347. The zero-order valence-corrected chi connectivity index (χ0v) is 12.2. The van der Waals surface area contributed by atoms with E-state index in [-0.39, 0.29) is 11.9 Å². The molecule has 1 rings (SSSR count). The van der Waals surface area contributed by atoms with Crippen molar-refractivity contribution in [1.29, 1.82) is 0 Å². The van der Waals surface area contributed by atoms with Gasteiger partial charge in [0.2, 0.25) is 17.8 Å². The second-order valence-corrected chi connectivity index (χ2v) is 4.74. The van der Waals surface area contributed by atoms with Gasteiger partial charge in [-0.15, -0.1) is 0 Å². The SMILES string of the molecule is CNc1nc(N(C)C)nc(N(CC(F)(F)F)C(C)C)n1. The highest BCUT2D eigenvalue weighted by molar-refractivity contribution is 5.44. The van der Waals surface area contributed by atoms with Gasteiger partial charge in [0, 0.05) is 27.2 Å². The first-order valence-electron chi connectivity index (χ1n) is 6.08. The number of hydrogen-bond acceptors (Lipinski definition) is 6. The molecule has 0 aromatic carbocycles. The first-order valence-corrected chi connectivity index (χ1v) is 6.08. The number of halogens is 3. The molecular formula is C11H19F3N6. The maximum absolute atomic E-state index is 12.7. The van der Waals surface area contributed by atoms with Crippen molar-refractivity contribution in [2.24, 2.45) is 0 Å². The van der Waals surface area contributed by atoms with E-state index in [1.54, 1.807) is 39.9 Å². The summed E-state index contributed by atoms with van der Waals surface area (Å²) in [5.74, 6) is 0.527.